The van der Waals surface area contributed by atoms with Crippen LogP contribution in [0.15, 0.2) is 0 Å². The van der Waals surface area contributed by atoms with Gasteiger partial charge in [0.2, 0.25) is 5.91 Å². The monoisotopic (exact) mass is 274 g/mol. The minimum Gasteiger partial charge on any atom is -0.342 e. The number of rotatable bonds is 6. The van der Waals surface area contributed by atoms with Crippen molar-refractivity contribution in [1.82, 2.24) is 4.90 Å². The molecule has 5 heteroatoms. The van der Waals surface area contributed by atoms with Gasteiger partial charge in [0, 0.05) is 29.6 Å². The molecule has 1 fully saturated rings. The zero-order valence-electron chi connectivity index (χ0n) is 11.6. The van der Waals surface area contributed by atoms with Gasteiger partial charge in [-0.25, -0.2) is 0 Å². The Bertz CT molecular complexity index is 299. The fourth-order valence-corrected chi connectivity index (χ4v) is 3.32. The molecule has 0 aliphatic carbocycles. The van der Waals surface area contributed by atoms with E-state index in [0.29, 0.717) is 12.3 Å². The van der Waals surface area contributed by atoms with E-state index < -0.39 is 10.8 Å². The van der Waals surface area contributed by atoms with Crippen LogP contribution >= 0.6 is 0 Å². The summed E-state index contributed by atoms with van der Waals surface area (Å²) in [6.45, 7) is 6.40. The molecule has 0 saturated carbocycles. The van der Waals surface area contributed by atoms with Gasteiger partial charge in [-0.2, -0.15) is 0 Å². The van der Waals surface area contributed by atoms with Crippen LogP contribution in [-0.4, -0.2) is 46.2 Å². The Kier molecular flexibility index (Phi) is 6.29. The normalized spacial score (nSPS) is 18.7. The molecule has 0 aromatic carbocycles. The number of carbonyl (C=O) groups is 1. The van der Waals surface area contributed by atoms with Gasteiger partial charge in [-0.1, -0.05) is 13.8 Å². The molecular formula is C13H26N2O2S. The summed E-state index contributed by atoms with van der Waals surface area (Å²) < 4.78 is 11.9. The maximum Gasteiger partial charge on any atom is 0.235 e. The maximum atomic E-state index is 11.9. The van der Waals surface area contributed by atoms with E-state index in [4.69, 9.17) is 5.73 Å². The average Bonchev–Trinajstić information content (AvgIpc) is 2.37. The van der Waals surface area contributed by atoms with Crippen LogP contribution in [-0.2, 0) is 15.6 Å². The van der Waals surface area contributed by atoms with Gasteiger partial charge < -0.3 is 10.6 Å². The van der Waals surface area contributed by atoms with Gasteiger partial charge in [0.15, 0.2) is 0 Å². The molecule has 4 nitrogen and oxygen atoms in total. The fourth-order valence-electron chi connectivity index (χ4n) is 1.94. The van der Waals surface area contributed by atoms with Crippen LogP contribution < -0.4 is 5.73 Å². The summed E-state index contributed by atoms with van der Waals surface area (Å²) in [5, 5.41) is 0. The van der Waals surface area contributed by atoms with Gasteiger partial charge in [-0.3, -0.25) is 9.00 Å². The molecular weight excluding hydrogens is 248 g/mol. The number of likely N-dealkylation sites (tertiary alicyclic amines) is 1. The highest BCUT2D eigenvalue weighted by Gasteiger charge is 2.21. The molecule has 1 amide bonds. The standard InChI is InChI=1S/C13H26N2O2S/c1-13(2,11-14)6-9-18(17)10-12(16)15-7-4-3-5-8-15/h3-11,14H2,1-2H3. The van der Waals surface area contributed by atoms with E-state index >= 15 is 0 Å². The predicted molar refractivity (Wildman–Crippen MR) is 75.8 cm³/mol. The van der Waals surface area contributed by atoms with Crippen molar-refractivity contribution in [3.05, 3.63) is 0 Å². The van der Waals surface area contributed by atoms with Crippen LogP contribution in [0, 0.1) is 5.41 Å². The quantitative estimate of drug-likeness (QED) is 0.789. The van der Waals surface area contributed by atoms with Crippen LogP contribution in [0.3, 0.4) is 0 Å². The zero-order chi connectivity index (χ0) is 13.6. The van der Waals surface area contributed by atoms with Crippen molar-refractivity contribution in [2.24, 2.45) is 11.1 Å². The number of piperidine rings is 1. The molecule has 0 aromatic rings. The lowest BCUT2D eigenvalue weighted by molar-refractivity contribution is -0.129. The van der Waals surface area contributed by atoms with E-state index in [1.165, 1.54) is 6.42 Å². The van der Waals surface area contributed by atoms with Crippen molar-refractivity contribution in [3.8, 4) is 0 Å². The van der Waals surface area contributed by atoms with Crippen molar-refractivity contribution < 1.29 is 9.00 Å². The van der Waals surface area contributed by atoms with Crippen LogP contribution in [0.1, 0.15) is 39.5 Å². The highest BCUT2D eigenvalue weighted by atomic mass is 32.2. The lowest BCUT2D eigenvalue weighted by Gasteiger charge is -2.27. The second-order valence-corrected chi connectivity index (χ2v) is 7.42. The maximum absolute atomic E-state index is 11.9. The second-order valence-electron chi connectivity index (χ2n) is 5.85. The number of amides is 1. The average molecular weight is 274 g/mol. The van der Waals surface area contributed by atoms with Crippen LogP contribution in [0.4, 0.5) is 0 Å². The Balaban J connectivity index is 2.29. The number of hydrogen-bond donors (Lipinski definition) is 1. The summed E-state index contributed by atoms with van der Waals surface area (Å²) in [6.07, 6.45) is 4.18. The first kappa shape index (κ1) is 15.6. The highest BCUT2D eigenvalue weighted by Crippen LogP contribution is 2.18. The molecule has 1 aliphatic rings. The van der Waals surface area contributed by atoms with Gasteiger partial charge >= 0.3 is 0 Å². The number of nitrogens with two attached hydrogens (primary N) is 1. The molecule has 1 aliphatic heterocycles. The summed E-state index contributed by atoms with van der Waals surface area (Å²) >= 11 is 0. The second kappa shape index (κ2) is 7.24. The summed E-state index contributed by atoms with van der Waals surface area (Å²) in [4.78, 5) is 13.8. The number of carbonyl (C=O) groups excluding carboxylic acids is 1. The van der Waals surface area contributed by atoms with Gasteiger partial charge in [0.25, 0.3) is 0 Å². The molecule has 0 aromatic heterocycles. The third kappa shape index (κ3) is 5.48. The summed E-state index contributed by atoms with van der Waals surface area (Å²) in [7, 11) is -1.05. The van der Waals surface area contributed by atoms with Gasteiger partial charge in [-0.05, 0) is 37.6 Å². The molecule has 0 bridgehead atoms. The van der Waals surface area contributed by atoms with Crippen molar-refractivity contribution in [1.29, 1.82) is 0 Å². The molecule has 0 spiro atoms. The third-order valence-electron chi connectivity index (χ3n) is 3.55. The van der Waals surface area contributed by atoms with Crippen LogP contribution in [0.2, 0.25) is 0 Å². The van der Waals surface area contributed by atoms with Crippen molar-refractivity contribution in [2.45, 2.75) is 39.5 Å². The molecule has 106 valence electrons. The van der Waals surface area contributed by atoms with Gasteiger partial charge in [0.05, 0.1) is 0 Å². The van der Waals surface area contributed by atoms with E-state index in [-0.39, 0.29) is 17.1 Å². The minimum absolute atomic E-state index is 0.0177. The largest absolute Gasteiger partial charge is 0.342 e. The van der Waals surface area contributed by atoms with E-state index in [1.807, 2.05) is 4.90 Å². The Morgan fingerprint density at radius 1 is 1.28 bits per heavy atom. The third-order valence-corrected chi connectivity index (χ3v) is 4.78. The van der Waals surface area contributed by atoms with Crippen LogP contribution in [0.5, 0.6) is 0 Å². The van der Waals surface area contributed by atoms with Crippen molar-refractivity contribution in [2.75, 3.05) is 31.1 Å². The Morgan fingerprint density at radius 2 is 1.89 bits per heavy atom. The van der Waals surface area contributed by atoms with Crippen molar-refractivity contribution >= 4 is 16.7 Å². The Labute approximate surface area is 113 Å². The first-order valence-electron chi connectivity index (χ1n) is 6.77. The van der Waals surface area contributed by atoms with Crippen LogP contribution in [0.25, 0.3) is 0 Å². The first-order chi connectivity index (χ1) is 8.44. The number of nitrogens with zero attached hydrogens (tertiary/aromatic N) is 1. The topological polar surface area (TPSA) is 63.4 Å². The fraction of sp³-hybridized carbons (Fsp3) is 0.923. The summed E-state index contributed by atoms with van der Waals surface area (Å²) in [6, 6.07) is 0. The molecule has 1 unspecified atom stereocenters. The molecule has 1 saturated heterocycles. The first-order valence-corrected chi connectivity index (χ1v) is 8.26. The predicted octanol–water partition coefficient (Wildman–Crippen LogP) is 1.12. The van der Waals surface area contributed by atoms with E-state index in [0.717, 1.165) is 32.4 Å². The molecule has 18 heavy (non-hydrogen) atoms. The SMILES string of the molecule is CC(C)(CN)CCS(=O)CC(=O)N1CCCCC1. The highest BCUT2D eigenvalue weighted by molar-refractivity contribution is 7.85. The molecule has 0 radical (unpaired) electrons. The molecule has 1 rings (SSSR count). The van der Waals surface area contributed by atoms with Gasteiger partial charge in [0.1, 0.15) is 5.75 Å². The van der Waals surface area contributed by atoms with E-state index in [1.54, 1.807) is 0 Å². The smallest absolute Gasteiger partial charge is 0.235 e. The van der Waals surface area contributed by atoms with E-state index in [2.05, 4.69) is 13.8 Å². The lowest BCUT2D eigenvalue weighted by atomic mass is 9.91. The number of hydrogen-bond acceptors (Lipinski definition) is 3. The lowest BCUT2D eigenvalue weighted by Crippen LogP contribution is -2.38. The van der Waals surface area contributed by atoms with Gasteiger partial charge in [-0.15, -0.1) is 0 Å². The summed E-state index contributed by atoms with van der Waals surface area (Å²) in [5.41, 5.74) is 5.65. The minimum atomic E-state index is -1.05. The van der Waals surface area contributed by atoms with Crippen molar-refractivity contribution in [3.63, 3.8) is 0 Å². The molecule has 1 atom stereocenters. The zero-order valence-corrected chi connectivity index (χ0v) is 12.4. The Morgan fingerprint density at radius 3 is 2.44 bits per heavy atom. The summed E-state index contributed by atoms with van der Waals surface area (Å²) in [5.74, 6) is 0.809. The molecule has 2 N–H and O–H groups in total. The van der Waals surface area contributed by atoms with E-state index in [9.17, 15) is 9.00 Å². The molecule has 1 heterocycles. The Hall–Kier alpha value is -0.420.